The van der Waals surface area contributed by atoms with Crippen molar-refractivity contribution < 1.29 is 19.4 Å². The molecule has 2 heterocycles. The molecule has 7 heteroatoms. The first kappa shape index (κ1) is 26.9. The standard InChI is InChI=1S/C27H43ClN2O4/c1-3-4-5-6-7-8-9-10-11-12-15-30-16-13-20(14-17-30)21-18-22(28)23(29)25-24(21)33-19-27(2,34-25)26(31)32/h18,20H,3-17,19,29H2,1-2H3,(H,31,32). The lowest BCUT2D eigenvalue weighted by atomic mass is 9.87. The van der Waals surface area contributed by atoms with E-state index in [0.29, 0.717) is 16.7 Å². The quantitative estimate of drug-likeness (QED) is 0.236. The molecule has 6 nitrogen and oxygen atoms in total. The van der Waals surface area contributed by atoms with Gasteiger partial charge in [0.1, 0.15) is 6.61 Å². The number of piperidine rings is 1. The third-order valence-corrected chi connectivity index (χ3v) is 7.69. The van der Waals surface area contributed by atoms with E-state index in [9.17, 15) is 9.90 Å². The van der Waals surface area contributed by atoms with Crippen LogP contribution in [0.2, 0.25) is 5.02 Å². The molecule has 1 saturated heterocycles. The lowest BCUT2D eigenvalue weighted by Crippen LogP contribution is -2.49. The van der Waals surface area contributed by atoms with Crippen molar-refractivity contribution in [1.82, 2.24) is 4.90 Å². The summed E-state index contributed by atoms with van der Waals surface area (Å²) >= 11 is 6.41. The second kappa shape index (κ2) is 12.9. The maximum absolute atomic E-state index is 11.6. The van der Waals surface area contributed by atoms with Crippen molar-refractivity contribution >= 4 is 23.3 Å². The number of fused-ring (bicyclic) bond motifs is 1. The number of hydrogen-bond acceptors (Lipinski definition) is 5. The lowest BCUT2D eigenvalue weighted by molar-refractivity contribution is -0.158. The average Bonchev–Trinajstić information content (AvgIpc) is 2.83. The Bertz CT molecular complexity index is 810. The molecule has 0 spiro atoms. The Morgan fingerprint density at radius 2 is 1.68 bits per heavy atom. The van der Waals surface area contributed by atoms with Crippen LogP contribution in [-0.4, -0.2) is 47.8 Å². The van der Waals surface area contributed by atoms with Crippen molar-refractivity contribution in [3.63, 3.8) is 0 Å². The maximum Gasteiger partial charge on any atom is 0.351 e. The Balaban J connectivity index is 1.43. The predicted octanol–water partition coefficient (Wildman–Crippen LogP) is 6.64. The predicted molar refractivity (Wildman–Crippen MR) is 138 cm³/mol. The number of carboxylic acid groups (broad SMARTS) is 1. The Hall–Kier alpha value is -1.66. The fourth-order valence-electron chi connectivity index (χ4n) is 5.06. The molecule has 2 aliphatic rings. The summed E-state index contributed by atoms with van der Waals surface area (Å²) in [5, 5.41) is 9.91. The number of likely N-dealkylation sites (tertiary alicyclic amines) is 1. The lowest BCUT2D eigenvalue weighted by Gasteiger charge is -2.37. The van der Waals surface area contributed by atoms with E-state index in [4.69, 9.17) is 26.8 Å². The van der Waals surface area contributed by atoms with Crippen LogP contribution in [0, 0.1) is 0 Å². The summed E-state index contributed by atoms with van der Waals surface area (Å²) in [5.74, 6) is 0.0492. The van der Waals surface area contributed by atoms with E-state index >= 15 is 0 Å². The number of hydrogen-bond donors (Lipinski definition) is 2. The first-order chi connectivity index (χ1) is 16.4. The number of nitrogen functional groups attached to an aromatic ring is 1. The molecule has 0 bridgehead atoms. The third-order valence-electron chi connectivity index (χ3n) is 7.38. The molecular weight excluding hydrogens is 452 g/mol. The fourth-order valence-corrected chi connectivity index (χ4v) is 5.26. The minimum absolute atomic E-state index is 0.0546. The number of halogens is 1. The van der Waals surface area contributed by atoms with Gasteiger partial charge in [0.15, 0.2) is 11.5 Å². The van der Waals surface area contributed by atoms with Crippen LogP contribution in [0.5, 0.6) is 11.5 Å². The minimum atomic E-state index is -1.47. The number of anilines is 1. The number of aliphatic carboxylic acids is 1. The van der Waals surface area contributed by atoms with Gasteiger partial charge in [0.05, 0.1) is 10.7 Å². The molecule has 0 aliphatic carbocycles. The van der Waals surface area contributed by atoms with Gasteiger partial charge in [-0.25, -0.2) is 4.79 Å². The number of nitrogens with zero attached hydrogens (tertiary/aromatic N) is 1. The number of rotatable bonds is 13. The molecule has 0 radical (unpaired) electrons. The van der Waals surface area contributed by atoms with Gasteiger partial charge in [0.2, 0.25) is 5.60 Å². The summed E-state index contributed by atoms with van der Waals surface area (Å²) in [6.07, 6.45) is 15.7. The molecule has 0 amide bonds. The smallest absolute Gasteiger partial charge is 0.351 e. The SMILES string of the molecule is CCCCCCCCCCCCN1CCC(c2cc(Cl)c(N)c3c2OCC(C)(C(=O)O)O3)CC1. The average molecular weight is 495 g/mol. The highest BCUT2D eigenvalue weighted by Crippen LogP contribution is 2.49. The highest BCUT2D eigenvalue weighted by atomic mass is 35.5. The van der Waals surface area contributed by atoms with Crippen molar-refractivity contribution in [2.45, 2.75) is 102 Å². The zero-order valence-corrected chi connectivity index (χ0v) is 21.8. The molecule has 1 atom stereocenters. The van der Waals surface area contributed by atoms with Gasteiger partial charge < -0.3 is 25.2 Å². The largest absolute Gasteiger partial charge is 0.484 e. The Morgan fingerprint density at radius 3 is 2.26 bits per heavy atom. The summed E-state index contributed by atoms with van der Waals surface area (Å²) < 4.78 is 11.7. The molecule has 1 unspecified atom stereocenters. The molecule has 1 aromatic rings. The van der Waals surface area contributed by atoms with Gasteiger partial charge in [0, 0.05) is 5.56 Å². The van der Waals surface area contributed by atoms with Crippen LogP contribution in [-0.2, 0) is 4.79 Å². The van der Waals surface area contributed by atoms with Crippen LogP contribution in [0.3, 0.4) is 0 Å². The van der Waals surface area contributed by atoms with Crippen LogP contribution < -0.4 is 15.2 Å². The topological polar surface area (TPSA) is 85.0 Å². The van der Waals surface area contributed by atoms with Crippen molar-refractivity contribution in [3.8, 4) is 11.5 Å². The monoisotopic (exact) mass is 494 g/mol. The molecule has 3 rings (SSSR count). The minimum Gasteiger partial charge on any atom is -0.484 e. The molecular formula is C27H43ClN2O4. The van der Waals surface area contributed by atoms with Crippen LogP contribution >= 0.6 is 11.6 Å². The van der Waals surface area contributed by atoms with Crippen LogP contribution in [0.25, 0.3) is 0 Å². The van der Waals surface area contributed by atoms with Crippen LogP contribution in [0.1, 0.15) is 102 Å². The van der Waals surface area contributed by atoms with E-state index in [1.165, 1.54) is 77.7 Å². The number of unbranched alkanes of at least 4 members (excludes halogenated alkanes) is 9. The van der Waals surface area contributed by atoms with Gasteiger partial charge in [-0.1, -0.05) is 76.3 Å². The Kier molecular flexibility index (Phi) is 10.2. The first-order valence-electron chi connectivity index (χ1n) is 13.2. The summed E-state index contributed by atoms with van der Waals surface area (Å²) in [6.45, 7) is 6.97. The van der Waals surface area contributed by atoms with Crippen LogP contribution in [0.15, 0.2) is 6.07 Å². The molecule has 2 aliphatic heterocycles. The zero-order valence-electron chi connectivity index (χ0n) is 21.0. The molecule has 3 N–H and O–H groups in total. The first-order valence-corrected chi connectivity index (χ1v) is 13.6. The fraction of sp³-hybridized carbons (Fsp3) is 0.741. The molecule has 34 heavy (non-hydrogen) atoms. The van der Waals surface area contributed by atoms with E-state index in [0.717, 1.165) is 31.5 Å². The summed E-state index contributed by atoms with van der Waals surface area (Å²) in [4.78, 5) is 14.2. The Morgan fingerprint density at radius 1 is 1.09 bits per heavy atom. The van der Waals surface area contributed by atoms with Gasteiger partial charge in [0.25, 0.3) is 0 Å². The van der Waals surface area contributed by atoms with E-state index in [1.807, 2.05) is 6.07 Å². The van der Waals surface area contributed by atoms with Gasteiger partial charge in [-0.2, -0.15) is 0 Å². The Labute approximate surface area is 210 Å². The van der Waals surface area contributed by atoms with E-state index in [-0.39, 0.29) is 18.0 Å². The molecule has 0 saturated carbocycles. The molecule has 1 aromatic carbocycles. The molecule has 192 valence electrons. The second-order valence-corrected chi connectivity index (χ2v) is 10.7. The number of carboxylic acids is 1. The molecule has 1 fully saturated rings. The third kappa shape index (κ3) is 6.94. The number of benzene rings is 1. The van der Waals surface area contributed by atoms with Crippen molar-refractivity contribution in [1.29, 1.82) is 0 Å². The zero-order chi connectivity index (χ0) is 24.6. The summed E-state index contributed by atoms with van der Waals surface area (Å²) in [7, 11) is 0. The van der Waals surface area contributed by atoms with Gasteiger partial charge in [-0.3, -0.25) is 0 Å². The van der Waals surface area contributed by atoms with E-state index < -0.39 is 11.6 Å². The summed E-state index contributed by atoms with van der Waals surface area (Å²) in [5.41, 5.74) is 5.89. The highest BCUT2D eigenvalue weighted by molar-refractivity contribution is 6.33. The summed E-state index contributed by atoms with van der Waals surface area (Å²) in [6, 6.07) is 1.88. The van der Waals surface area contributed by atoms with Gasteiger partial charge in [-0.05, 0) is 57.8 Å². The van der Waals surface area contributed by atoms with Crippen LogP contribution in [0.4, 0.5) is 5.69 Å². The van der Waals surface area contributed by atoms with Crippen molar-refractivity contribution in [3.05, 3.63) is 16.7 Å². The van der Waals surface area contributed by atoms with E-state index in [1.54, 1.807) is 0 Å². The van der Waals surface area contributed by atoms with Crippen molar-refractivity contribution in [2.75, 3.05) is 32.0 Å². The second-order valence-electron chi connectivity index (χ2n) is 10.2. The van der Waals surface area contributed by atoms with E-state index in [2.05, 4.69) is 11.8 Å². The van der Waals surface area contributed by atoms with Gasteiger partial charge >= 0.3 is 5.97 Å². The number of ether oxygens (including phenoxy) is 2. The molecule has 0 aromatic heterocycles. The van der Waals surface area contributed by atoms with Crippen molar-refractivity contribution in [2.24, 2.45) is 0 Å². The van der Waals surface area contributed by atoms with Gasteiger partial charge in [-0.15, -0.1) is 0 Å². The maximum atomic E-state index is 11.6. The number of nitrogens with two attached hydrogens (primary N) is 1. The number of carbonyl (C=O) groups is 1. The normalized spacial score (nSPS) is 21.0. The highest BCUT2D eigenvalue weighted by Gasteiger charge is 2.43.